The second kappa shape index (κ2) is 11.3. The summed E-state index contributed by atoms with van der Waals surface area (Å²) >= 11 is 9.22. The van der Waals surface area contributed by atoms with E-state index in [-0.39, 0.29) is 11.8 Å². The van der Waals surface area contributed by atoms with Gasteiger partial charge in [0.15, 0.2) is 6.10 Å². The summed E-state index contributed by atoms with van der Waals surface area (Å²) in [5.41, 5.74) is 5.69. The highest BCUT2D eigenvalue weighted by atomic mass is 79.9. The molecule has 1 saturated carbocycles. The van der Waals surface area contributed by atoms with Gasteiger partial charge in [0.1, 0.15) is 5.75 Å². The molecule has 1 atom stereocenters. The summed E-state index contributed by atoms with van der Waals surface area (Å²) < 4.78 is 6.21. The fourth-order valence-corrected chi connectivity index (χ4v) is 4.20. The number of ether oxygens (including phenoxy) is 1. The molecule has 1 fully saturated rings. The number of hydrazine groups is 1. The first-order valence-corrected chi connectivity index (χ1v) is 11.6. The van der Waals surface area contributed by atoms with Crippen LogP contribution in [0.15, 0.2) is 46.9 Å². The van der Waals surface area contributed by atoms with Gasteiger partial charge in [-0.05, 0) is 78.2 Å². The zero-order chi connectivity index (χ0) is 23.1. The normalized spacial score (nSPS) is 14.8. The van der Waals surface area contributed by atoms with Crippen LogP contribution in [0.2, 0.25) is 5.02 Å². The minimum absolute atomic E-state index is 0.0236. The van der Waals surface area contributed by atoms with Gasteiger partial charge in [-0.1, -0.05) is 30.9 Å². The highest BCUT2D eigenvalue weighted by molar-refractivity contribution is 9.10. The van der Waals surface area contributed by atoms with Gasteiger partial charge < -0.3 is 10.1 Å². The third-order valence-corrected chi connectivity index (χ3v) is 6.11. The van der Waals surface area contributed by atoms with E-state index in [0.29, 0.717) is 26.5 Å². The van der Waals surface area contributed by atoms with E-state index in [1.165, 1.54) is 6.42 Å². The molecule has 0 spiro atoms. The minimum atomic E-state index is -0.856. The molecule has 0 aromatic heterocycles. The first-order valence-electron chi connectivity index (χ1n) is 10.5. The number of benzene rings is 2. The Morgan fingerprint density at radius 3 is 2.38 bits per heavy atom. The second-order valence-corrected chi connectivity index (χ2v) is 8.97. The molecule has 0 aliphatic heterocycles. The summed E-state index contributed by atoms with van der Waals surface area (Å²) in [7, 11) is 0. The number of nitrogens with one attached hydrogen (secondary N) is 3. The Bertz CT molecular complexity index is 978. The van der Waals surface area contributed by atoms with Gasteiger partial charge in [0, 0.05) is 22.2 Å². The molecule has 7 nitrogen and oxygen atoms in total. The molecule has 2 aromatic rings. The van der Waals surface area contributed by atoms with Crippen LogP contribution in [0.3, 0.4) is 0 Å². The monoisotopic (exact) mass is 521 g/mol. The third-order valence-electron chi connectivity index (χ3n) is 5.26. The highest BCUT2D eigenvalue weighted by Gasteiger charge is 2.21. The Balaban J connectivity index is 1.47. The van der Waals surface area contributed by atoms with Crippen LogP contribution >= 0.6 is 27.5 Å². The van der Waals surface area contributed by atoms with Gasteiger partial charge >= 0.3 is 0 Å². The largest absolute Gasteiger partial charge is 0.480 e. The molecule has 1 aliphatic rings. The molecule has 3 N–H and O–H groups in total. The van der Waals surface area contributed by atoms with Gasteiger partial charge in [0.05, 0.1) is 4.47 Å². The van der Waals surface area contributed by atoms with Crippen LogP contribution in [-0.2, 0) is 9.59 Å². The molecule has 32 heavy (non-hydrogen) atoms. The van der Waals surface area contributed by atoms with E-state index in [9.17, 15) is 14.4 Å². The number of amides is 3. The molecule has 0 heterocycles. The maximum Gasteiger partial charge on any atom is 0.279 e. The lowest BCUT2D eigenvalue weighted by atomic mass is 9.88. The van der Waals surface area contributed by atoms with Crippen molar-refractivity contribution < 1.29 is 19.1 Å². The summed E-state index contributed by atoms with van der Waals surface area (Å²) in [5.74, 6) is -0.468. The van der Waals surface area contributed by atoms with Crippen molar-refractivity contribution in [1.29, 1.82) is 0 Å². The number of hydrogen-bond acceptors (Lipinski definition) is 4. The maximum atomic E-state index is 12.3. The van der Waals surface area contributed by atoms with Crippen molar-refractivity contribution in [2.45, 2.75) is 45.1 Å². The predicted octanol–water partition coefficient (Wildman–Crippen LogP) is 4.85. The van der Waals surface area contributed by atoms with Crippen molar-refractivity contribution >= 4 is 50.9 Å². The Kier molecular flexibility index (Phi) is 8.53. The van der Waals surface area contributed by atoms with E-state index < -0.39 is 17.9 Å². The lowest BCUT2D eigenvalue weighted by Crippen LogP contribution is -2.47. The van der Waals surface area contributed by atoms with Gasteiger partial charge in [-0.2, -0.15) is 0 Å². The first kappa shape index (κ1) is 24.1. The number of hydrogen-bond donors (Lipinski definition) is 3. The minimum Gasteiger partial charge on any atom is -0.480 e. The molecule has 1 aliphatic carbocycles. The topological polar surface area (TPSA) is 96.5 Å². The summed E-state index contributed by atoms with van der Waals surface area (Å²) in [4.78, 5) is 36.9. The molecule has 170 valence electrons. The van der Waals surface area contributed by atoms with Crippen molar-refractivity contribution in [1.82, 2.24) is 10.9 Å². The molecule has 9 heteroatoms. The van der Waals surface area contributed by atoms with E-state index in [1.54, 1.807) is 49.4 Å². The fourth-order valence-electron chi connectivity index (χ4n) is 3.42. The standard InChI is InChI=1S/C23H25BrClN3O4/c1-14(32-20-12-9-17(25)13-19(20)24)21(29)27-28-23(31)16-7-10-18(11-8-16)26-22(30)15-5-3-2-4-6-15/h7-15H,2-6H2,1H3,(H,26,30)(H,27,29)(H,28,31). The Morgan fingerprint density at radius 1 is 1.03 bits per heavy atom. The van der Waals surface area contributed by atoms with Crippen LogP contribution in [0.1, 0.15) is 49.4 Å². The summed E-state index contributed by atoms with van der Waals surface area (Å²) in [5, 5.41) is 3.44. The van der Waals surface area contributed by atoms with Crippen LogP contribution in [0, 0.1) is 5.92 Å². The van der Waals surface area contributed by atoms with Crippen LogP contribution in [0.4, 0.5) is 5.69 Å². The van der Waals surface area contributed by atoms with E-state index in [0.717, 1.165) is 25.7 Å². The van der Waals surface area contributed by atoms with Gasteiger partial charge in [0.25, 0.3) is 11.8 Å². The molecule has 0 bridgehead atoms. The SMILES string of the molecule is CC(Oc1ccc(Cl)cc1Br)C(=O)NNC(=O)c1ccc(NC(=O)C2CCCCC2)cc1. The van der Waals surface area contributed by atoms with Crippen molar-refractivity contribution in [2.75, 3.05) is 5.32 Å². The lowest BCUT2D eigenvalue weighted by Gasteiger charge is -2.20. The Morgan fingerprint density at radius 2 is 1.72 bits per heavy atom. The average Bonchev–Trinajstić information content (AvgIpc) is 2.80. The molecular weight excluding hydrogens is 498 g/mol. The number of carbonyl (C=O) groups excluding carboxylic acids is 3. The van der Waals surface area contributed by atoms with Gasteiger partial charge in [-0.3, -0.25) is 25.2 Å². The predicted molar refractivity (Wildman–Crippen MR) is 126 cm³/mol. The molecular formula is C23H25BrClN3O4. The zero-order valence-electron chi connectivity index (χ0n) is 17.6. The van der Waals surface area contributed by atoms with Crippen molar-refractivity contribution in [3.8, 4) is 5.75 Å². The maximum absolute atomic E-state index is 12.3. The van der Waals surface area contributed by atoms with Crippen molar-refractivity contribution in [2.24, 2.45) is 5.92 Å². The van der Waals surface area contributed by atoms with Gasteiger partial charge in [0.2, 0.25) is 5.91 Å². The van der Waals surface area contributed by atoms with Crippen LogP contribution in [-0.4, -0.2) is 23.8 Å². The quantitative estimate of drug-likeness (QED) is 0.473. The third kappa shape index (κ3) is 6.71. The Labute approximate surface area is 200 Å². The number of anilines is 1. The second-order valence-electron chi connectivity index (χ2n) is 7.68. The number of halogens is 2. The van der Waals surface area contributed by atoms with E-state index in [2.05, 4.69) is 32.1 Å². The van der Waals surface area contributed by atoms with Gasteiger partial charge in [-0.15, -0.1) is 0 Å². The molecule has 1 unspecified atom stereocenters. The van der Waals surface area contributed by atoms with Crippen LogP contribution < -0.4 is 20.9 Å². The number of carbonyl (C=O) groups is 3. The lowest BCUT2D eigenvalue weighted by molar-refractivity contribution is -0.128. The summed E-state index contributed by atoms with van der Waals surface area (Å²) in [6, 6.07) is 11.5. The van der Waals surface area contributed by atoms with Crippen LogP contribution in [0.5, 0.6) is 5.75 Å². The average molecular weight is 523 g/mol. The fraction of sp³-hybridized carbons (Fsp3) is 0.348. The van der Waals surface area contributed by atoms with E-state index >= 15 is 0 Å². The zero-order valence-corrected chi connectivity index (χ0v) is 20.0. The molecule has 0 saturated heterocycles. The first-order chi connectivity index (χ1) is 15.3. The molecule has 3 amide bonds. The van der Waals surface area contributed by atoms with E-state index in [1.807, 2.05) is 0 Å². The Hall–Kier alpha value is -2.58. The van der Waals surface area contributed by atoms with E-state index in [4.69, 9.17) is 16.3 Å². The number of rotatable bonds is 6. The van der Waals surface area contributed by atoms with Crippen molar-refractivity contribution in [3.63, 3.8) is 0 Å². The molecule has 2 aromatic carbocycles. The summed E-state index contributed by atoms with van der Waals surface area (Å²) in [6.07, 6.45) is 4.35. The smallest absolute Gasteiger partial charge is 0.279 e. The van der Waals surface area contributed by atoms with Crippen LogP contribution in [0.25, 0.3) is 0 Å². The summed E-state index contributed by atoms with van der Waals surface area (Å²) in [6.45, 7) is 1.56. The molecule has 0 radical (unpaired) electrons. The van der Waals surface area contributed by atoms with Crippen molar-refractivity contribution in [3.05, 3.63) is 57.5 Å². The van der Waals surface area contributed by atoms with Gasteiger partial charge in [-0.25, -0.2) is 0 Å². The molecule has 3 rings (SSSR count). The highest BCUT2D eigenvalue weighted by Crippen LogP contribution is 2.29.